The van der Waals surface area contributed by atoms with Crippen molar-refractivity contribution in [2.24, 2.45) is 0 Å². The van der Waals surface area contributed by atoms with Crippen LogP contribution in [0.3, 0.4) is 0 Å². The number of nitrogens with zero attached hydrogens (tertiary/aromatic N) is 1. The predicted octanol–water partition coefficient (Wildman–Crippen LogP) is 3.83. The third kappa shape index (κ3) is 3.20. The molecule has 0 aromatic heterocycles. The Morgan fingerprint density at radius 1 is 1.04 bits per heavy atom. The van der Waals surface area contributed by atoms with E-state index in [1.165, 1.54) is 17.5 Å². The average Bonchev–Trinajstić information content (AvgIpc) is 3.25. The van der Waals surface area contributed by atoms with Gasteiger partial charge in [-0.05, 0) is 61.2 Å². The van der Waals surface area contributed by atoms with Crippen LogP contribution in [0.4, 0.5) is 0 Å². The minimum absolute atomic E-state index is 0.231. The Kier molecular flexibility index (Phi) is 4.30. The summed E-state index contributed by atoms with van der Waals surface area (Å²) in [5, 5.41) is 0. The Hall–Kier alpha value is -2.20. The molecular weight excluding hydrogens is 302 g/mol. The lowest BCUT2D eigenvalue weighted by Gasteiger charge is -2.23. The number of rotatable bonds is 5. The van der Waals surface area contributed by atoms with Crippen LogP contribution in [0.2, 0.25) is 0 Å². The normalized spacial score (nSPS) is 19.6. The summed E-state index contributed by atoms with van der Waals surface area (Å²) in [5.74, 6) is 2.63. The monoisotopic (exact) mass is 325 g/mol. The lowest BCUT2D eigenvalue weighted by molar-refractivity contribution is 0.0650. The Balaban J connectivity index is 1.40. The highest BCUT2D eigenvalue weighted by atomic mass is 16.7. The maximum absolute atomic E-state index is 6.13. The number of fused-ring (bicyclic) bond motifs is 1. The quantitative estimate of drug-likeness (QED) is 0.836. The van der Waals surface area contributed by atoms with E-state index in [-0.39, 0.29) is 6.23 Å². The molecule has 1 unspecified atom stereocenters. The smallest absolute Gasteiger partial charge is 0.231 e. The molecule has 1 atom stereocenters. The van der Waals surface area contributed by atoms with Crippen LogP contribution < -0.4 is 14.2 Å². The zero-order chi connectivity index (χ0) is 16.4. The van der Waals surface area contributed by atoms with Gasteiger partial charge in [0.2, 0.25) is 6.79 Å². The summed E-state index contributed by atoms with van der Waals surface area (Å²) in [7, 11) is 0. The Bertz CT molecular complexity index is 699. The van der Waals surface area contributed by atoms with Gasteiger partial charge in [0, 0.05) is 6.54 Å². The van der Waals surface area contributed by atoms with Gasteiger partial charge in [0.05, 0.1) is 0 Å². The molecule has 2 aliphatic heterocycles. The van der Waals surface area contributed by atoms with E-state index in [9.17, 15) is 0 Å². The topological polar surface area (TPSA) is 30.9 Å². The number of ether oxygens (including phenoxy) is 3. The molecule has 0 spiro atoms. The van der Waals surface area contributed by atoms with Crippen LogP contribution in [-0.4, -0.2) is 31.0 Å². The van der Waals surface area contributed by atoms with E-state index in [4.69, 9.17) is 14.2 Å². The second-order valence-electron chi connectivity index (χ2n) is 6.35. The number of hydrogen-bond acceptors (Lipinski definition) is 4. The van der Waals surface area contributed by atoms with E-state index >= 15 is 0 Å². The molecule has 2 heterocycles. The molecule has 0 N–H and O–H groups in total. The molecule has 2 aromatic carbocycles. The lowest BCUT2D eigenvalue weighted by Crippen LogP contribution is -2.33. The van der Waals surface area contributed by atoms with E-state index in [1.54, 1.807) is 0 Å². The summed E-state index contributed by atoms with van der Waals surface area (Å²) < 4.78 is 16.9. The van der Waals surface area contributed by atoms with Crippen LogP contribution in [0.1, 0.15) is 30.9 Å². The molecule has 1 saturated heterocycles. The molecule has 4 heteroatoms. The molecule has 126 valence electrons. The zero-order valence-electron chi connectivity index (χ0n) is 14.0. The summed E-state index contributed by atoms with van der Waals surface area (Å²) in [6, 6.07) is 14.6. The van der Waals surface area contributed by atoms with E-state index in [0.29, 0.717) is 6.79 Å². The summed E-state index contributed by atoms with van der Waals surface area (Å²) in [6.45, 7) is 4.70. The van der Waals surface area contributed by atoms with E-state index in [2.05, 4.69) is 48.2 Å². The second kappa shape index (κ2) is 6.73. The Morgan fingerprint density at radius 3 is 2.67 bits per heavy atom. The van der Waals surface area contributed by atoms with Crippen LogP contribution in [0.25, 0.3) is 0 Å². The molecule has 4 rings (SSSR count). The van der Waals surface area contributed by atoms with Crippen molar-refractivity contribution in [2.45, 2.75) is 32.4 Å². The van der Waals surface area contributed by atoms with Crippen molar-refractivity contribution in [1.82, 2.24) is 4.90 Å². The standard InChI is InChI=1S/C20H23NO3/c1-2-21-11-3-4-20(21)24-17-8-5-15(6-9-17)12-16-7-10-18-19(13-16)23-14-22-18/h5-10,13,20H,2-4,11-12,14H2,1H3. The van der Waals surface area contributed by atoms with Crippen LogP contribution >= 0.6 is 0 Å². The van der Waals surface area contributed by atoms with Crippen LogP contribution in [0.5, 0.6) is 17.2 Å². The van der Waals surface area contributed by atoms with Crippen LogP contribution in [-0.2, 0) is 6.42 Å². The first-order valence-electron chi connectivity index (χ1n) is 8.70. The van der Waals surface area contributed by atoms with Gasteiger partial charge < -0.3 is 14.2 Å². The molecule has 0 radical (unpaired) electrons. The van der Waals surface area contributed by atoms with Gasteiger partial charge in [0.1, 0.15) is 5.75 Å². The van der Waals surface area contributed by atoms with Gasteiger partial charge >= 0.3 is 0 Å². The fraction of sp³-hybridized carbons (Fsp3) is 0.400. The van der Waals surface area contributed by atoms with Gasteiger partial charge in [0.25, 0.3) is 0 Å². The third-order valence-electron chi connectivity index (χ3n) is 4.75. The third-order valence-corrected chi connectivity index (χ3v) is 4.75. The SMILES string of the molecule is CCN1CCCC1Oc1ccc(Cc2ccc3c(c2)OCO3)cc1. The largest absolute Gasteiger partial charge is 0.475 e. The fourth-order valence-corrected chi connectivity index (χ4v) is 3.42. The second-order valence-corrected chi connectivity index (χ2v) is 6.35. The maximum atomic E-state index is 6.13. The highest BCUT2D eigenvalue weighted by molar-refractivity contribution is 5.45. The summed E-state index contributed by atoms with van der Waals surface area (Å²) in [5.41, 5.74) is 2.49. The van der Waals surface area contributed by atoms with E-state index < -0.39 is 0 Å². The van der Waals surface area contributed by atoms with E-state index in [1.807, 2.05) is 6.07 Å². The molecule has 2 aromatic rings. The van der Waals surface area contributed by atoms with Crippen molar-refractivity contribution in [3.8, 4) is 17.2 Å². The first kappa shape index (κ1) is 15.3. The molecule has 0 bridgehead atoms. The minimum atomic E-state index is 0.231. The van der Waals surface area contributed by atoms with E-state index in [0.717, 1.165) is 43.2 Å². The molecular formula is C20H23NO3. The van der Waals surface area contributed by atoms with Crippen molar-refractivity contribution >= 4 is 0 Å². The lowest BCUT2D eigenvalue weighted by atomic mass is 10.0. The van der Waals surface area contributed by atoms with Crippen molar-refractivity contribution in [1.29, 1.82) is 0 Å². The van der Waals surface area contributed by atoms with Gasteiger partial charge in [-0.1, -0.05) is 25.1 Å². The van der Waals surface area contributed by atoms with Gasteiger partial charge in [-0.3, -0.25) is 4.90 Å². The highest BCUT2D eigenvalue weighted by Gasteiger charge is 2.24. The molecule has 1 fully saturated rings. The molecule has 0 amide bonds. The van der Waals surface area contributed by atoms with Crippen molar-refractivity contribution in [3.63, 3.8) is 0 Å². The number of likely N-dealkylation sites (tertiary alicyclic amines) is 1. The summed E-state index contributed by atoms with van der Waals surface area (Å²) in [6.07, 6.45) is 3.45. The van der Waals surface area contributed by atoms with Crippen LogP contribution in [0.15, 0.2) is 42.5 Å². The zero-order valence-corrected chi connectivity index (χ0v) is 14.0. The Labute approximate surface area is 142 Å². The molecule has 0 saturated carbocycles. The van der Waals surface area contributed by atoms with Crippen molar-refractivity contribution in [3.05, 3.63) is 53.6 Å². The number of hydrogen-bond donors (Lipinski definition) is 0. The fourth-order valence-electron chi connectivity index (χ4n) is 3.42. The molecule has 2 aliphatic rings. The molecule has 4 nitrogen and oxygen atoms in total. The van der Waals surface area contributed by atoms with Gasteiger partial charge in [-0.25, -0.2) is 0 Å². The number of benzene rings is 2. The predicted molar refractivity (Wildman–Crippen MR) is 92.7 cm³/mol. The van der Waals surface area contributed by atoms with Gasteiger partial charge in [-0.15, -0.1) is 0 Å². The minimum Gasteiger partial charge on any atom is -0.475 e. The van der Waals surface area contributed by atoms with Gasteiger partial charge in [0.15, 0.2) is 17.7 Å². The van der Waals surface area contributed by atoms with Crippen molar-refractivity contribution < 1.29 is 14.2 Å². The highest BCUT2D eigenvalue weighted by Crippen LogP contribution is 2.33. The first-order valence-corrected chi connectivity index (χ1v) is 8.70. The first-order chi connectivity index (χ1) is 11.8. The maximum Gasteiger partial charge on any atom is 0.231 e. The molecule has 24 heavy (non-hydrogen) atoms. The van der Waals surface area contributed by atoms with Crippen molar-refractivity contribution in [2.75, 3.05) is 19.9 Å². The summed E-state index contributed by atoms with van der Waals surface area (Å²) >= 11 is 0. The average molecular weight is 325 g/mol. The Morgan fingerprint density at radius 2 is 1.83 bits per heavy atom. The molecule has 0 aliphatic carbocycles. The van der Waals surface area contributed by atoms with Gasteiger partial charge in [-0.2, -0.15) is 0 Å². The summed E-state index contributed by atoms with van der Waals surface area (Å²) in [4.78, 5) is 2.39. The van der Waals surface area contributed by atoms with Crippen LogP contribution in [0, 0.1) is 0 Å².